The highest BCUT2D eigenvalue weighted by molar-refractivity contribution is 5.82. The van der Waals surface area contributed by atoms with Gasteiger partial charge in [-0.1, -0.05) is 48.5 Å². The van der Waals surface area contributed by atoms with Gasteiger partial charge in [0.05, 0.1) is 0 Å². The second-order valence-corrected chi connectivity index (χ2v) is 8.06. The van der Waals surface area contributed by atoms with Gasteiger partial charge in [0.2, 0.25) is 0 Å². The summed E-state index contributed by atoms with van der Waals surface area (Å²) in [6, 6.07) is 15.6. The topological polar surface area (TPSA) is 66.8 Å². The molecule has 6 rings (SSSR count). The molecular formula is C23H23NO4. The van der Waals surface area contributed by atoms with E-state index in [0.29, 0.717) is 0 Å². The van der Waals surface area contributed by atoms with E-state index in [-0.39, 0.29) is 24.5 Å². The van der Waals surface area contributed by atoms with Crippen LogP contribution in [0.4, 0.5) is 4.79 Å². The predicted molar refractivity (Wildman–Crippen MR) is 104 cm³/mol. The van der Waals surface area contributed by atoms with Crippen LogP contribution in [0.1, 0.15) is 42.7 Å². The maximum absolute atomic E-state index is 12.9. The van der Waals surface area contributed by atoms with E-state index >= 15 is 0 Å². The molecule has 28 heavy (non-hydrogen) atoms. The van der Waals surface area contributed by atoms with Gasteiger partial charge in [-0.05, 0) is 53.9 Å². The Morgan fingerprint density at radius 3 is 2.07 bits per heavy atom. The SMILES string of the molecule is O=C(O)[C@@H]1C2CCC(CC2)N1C(=O)OCC1c2ccccc2-c2ccccc21. The minimum Gasteiger partial charge on any atom is -0.480 e. The molecule has 2 bridgehead atoms. The van der Waals surface area contributed by atoms with Crippen LogP contribution >= 0.6 is 0 Å². The Kier molecular flexibility index (Phi) is 4.11. The zero-order valence-corrected chi connectivity index (χ0v) is 15.6. The van der Waals surface area contributed by atoms with Crippen molar-refractivity contribution in [1.29, 1.82) is 0 Å². The third-order valence-electron chi connectivity index (χ3n) is 6.68. The lowest BCUT2D eigenvalue weighted by Gasteiger charge is -2.48. The van der Waals surface area contributed by atoms with Crippen molar-refractivity contribution in [2.75, 3.05) is 6.61 Å². The molecule has 0 aromatic heterocycles. The van der Waals surface area contributed by atoms with Crippen LogP contribution in [-0.2, 0) is 9.53 Å². The molecule has 3 fully saturated rings. The number of carbonyl (C=O) groups excluding carboxylic acids is 1. The smallest absolute Gasteiger partial charge is 0.410 e. The largest absolute Gasteiger partial charge is 0.480 e. The van der Waals surface area contributed by atoms with Crippen LogP contribution in [0.2, 0.25) is 0 Å². The number of nitrogens with zero attached hydrogens (tertiary/aromatic N) is 1. The van der Waals surface area contributed by atoms with Crippen molar-refractivity contribution in [3.63, 3.8) is 0 Å². The third kappa shape index (κ3) is 2.60. The molecule has 144 valence electrons. The Bertz CT molecular complexity index is 886. The fraction of sp³-hybridized carbons (Fsp3) is 0.391. The molecule has 5 nitrogen and oxygen atoms in total. The molecule has 0 spiro atoms. The van der Waals surface area contributed by atoms with Gasteiger partial charge in [-0.15, -0.1) is 0 Å². The Hall–Kier alpha value is -2.82. The van der Waals surface area contributed by atoms with Crippen LogP contribution in [0, 0.1) is 5.92 Å². The summed E-state index contributed by atoms with van der Waals surface area (Å²) < 4.78 is 5.74. The molecule has 5 heteroatoms. The number of rotatable bonds is 3. The van der Waals surface area contributed by atoms with Gasteiger partial charge in [0.25, 0.3) is 0 Å². The van der Waals surface area contributed by atoms with Gasteiger partial charge in [0.1, 0.15) is 12.6 Å². The Labute approximate surface area is 163 Å². The quantitative estimate of drug-likeness (QED) is 0.868. The minimum absolute atomic E-state index is 0.0123. The zero-order chi connectivity index (χ0) is 19.3. The minimum atomic E-state index is -0.914. The van der Waals surface area contributed by atoms with Crippen LogP contribution in [0.25, 0.3) is 11.1 Å². The number of hydrogen-bond acceptors (Lipinski definition) is 3. The highest BCUT2D eigenvalue weighted by atomic mass is 16.6. The summed E-state index contributed by atoms with van der Waals surface area (Å²) in [6.45, 7) is 0.229. The van der Waals surface area contributed by atoms with Gasteiger partial charge >= 0.3 is 12.1 Å². The van der Waals surface area contributed by atoms with E-state index in [9.17, 15) is 14.7 Å². The molecule has 2 aromatic carbocycles. The predicted octanol–water partition coefficient (Wildman–Crippen LogP) is 4.26. The summed E-state index contributed by atoms with van der Waals surface area (Å²) >= 11 is 0. The molecule has 1 N–H and O–H groups in total. The highest BCUT2D eigenvalue weighted by Crippen LogP contribution is 2.45. The number of hydrogen-bond donors (Lipinski definition) is 1. The third-order valence-corrected chi connectivity index (χ3v) is 6.68. The molecule has 2 aromatic rings. The molecule has 4 aliphatic rings. The van der Waals surface area contributed by atoms with Gasteiger partial charge in [-0.25, -0.2) is 9.59 Å². The summed E-state index contributed by atoms with van der Waals surface area (Å²) in [5, 5.41) is 9.67. The number of aliphatic carboxylic acids is 1. The first-order valence-corrected chi connectivity index (χ1v) is 10.0. The molecule has 1 amide bonds. The molecule has 2 saturated heterocycles. The number of carboxylic acids is 1. The second-order valence-electron chi connectivity index (χ2n) is 8.06. The molecule has 2 heterocycles. The second kappa shape index (κ2) is 6.66. The average Bonchev–Trinajstić information content (AvgIpc) is 3.06. The van der Waals surface area contributed by atoms with Gasteiger partial charge in [-0.2, -0.15) is 0 Å². The number of carboxylic acid groups (broad SMARTS) is 1. The molecular weight excluding hydrogens is 354 g/mol. The van der Waals surface area contributed by atoms with Crippen molar-refractivity contribution < 1.29 is 19.4 Å². The monoisotopic (exact) mass is 377 g/mol. The summed E-state index contributed by atoms with van der Waals surface area (Å²) in [5.74, 6) is -0.882. The number of piperidine rings is 2. The van der Waals surface area contributed by atoms with Gasteiger partial charge in [0.15, 0.2) is 0 Å². The number of amides is 1. The standard InChI is InChI=1S/C23H23NO4/c25-22(26)21-14-9-11-15(12-10-14)24(21)23(27)28-13-20-18-7-3-1-5-16(18)17-6-2-4-8-19(17)20/h1-8,14-15,20-21H,9-13H2,(H,25,26)/t14?,15?,21-/m0/s1. The number of carbonyl (C=O) groups is 2. The van der Waals surface area contributed by atoms with Crippen molar-refractivity contribution in [2.45, 2.75) is 43.7 Å². The van der Waals surface area contributed by atoms with E-state index < -0.39 is 18.1 Å². The summed E-state index contributed by atoms with van der Waals surface area (Å²) in [7, 11) is 0. The number of ether oxygens (including phenoxy) is 1. The van der Waals surface area contributed by atoms with E-state index in [1.807, 2.05) is 24.3 Å². The first kappa shape index (κ1) is 17.3. The normalized spacial score (nSPS) is 25.3. The maximum atomic E-state index is 12.9. The van der Waals surface area contributed by atoms with Gasteiger partial charge in [0, 0.05) is 12.0 Å². The van der Waals surface area contributed by atoms with Crippen LogP contribution in [0.5, 0.6) is 0 Å². The lowest BCUT2D eigenvalue weighted by Crippen LogP contribution is -2.60. The Morgan fingerprint density at radius 1 is 0.929 bits per heavy atom. The molecule has 2 aliphatic carbocycles. The van der Waals surface area contributed by atoms with Crippen LogP contribution in [0.15, 0.2) is 48.5 Å². The van der Waals surface area contributed by atoms with Crippen LogP contribution in [-0.4, -0.2) is 40.8 Å². The van der Waals surface area contributed by atoms with Crippen molar-refractivity contribution in [3.8, 4) is 11.1 Å². The fourth-order valence-corrected chi connectivity index (χ4v) is 5.40. The molecule has 1 atom stereocenters. The van der Waals surface area contributed by atoms with E-state index in [2.05, 4.69) is 24.3 Å². The van der Waals surface area contributed by atoms with Crippen LogP contribution in [0.3, 0.4) is 0 Å². The number of benzene rings is 2. The summed E-state index contributed by atoms with van der Waals surface area (Å²) in [6.07, 6.45) is 3.03. The highest BCUT2D eigenvalue weighted by Gasteiger charge is 2.48. The molecule has 2 aliphatic heterocycles. The fourth-order valence-electron chi connectivity index (χ4n) is 5.40. The summed E-state index contributed by atoms with van der Waals surface area (Å²) in [5.41, 5.74) is 4.68. The van der Waals surface area contributed by atoms with Gasteiger partial charge in [-0.3, -0.25) is 4.90 Å². The Morgan fingerprint density at radius 2 is 1.50 bits per heavy atom. The average molecular weight is 377 g/mol. The lowest BCUT2D eigenvalue weighted by molar-refractivity contribution is -0.151. The van der Waals surface area contributed by atoms with Crippen molar-refractivity contribution in [3.05, 3.63) is 59.7 Å². The van der Waals surface area contributed by atoms with E-state index in [0.717, 1.165) is 36.8 Å². The molecule has 1 saturated carbocycles. The van der Waals surface area contributed by atoms with Gasteiger partial charge < -0.3 is 9.84 Å². The lowest BCUT2D eigenvalue weighted by atomic mass is 9.75. The first-order chi connectivity index (χ1) is 13.6. The summed E-state index contributed by atoms with van der Waals surface area (Å²) in [4.78, 5) is 26.2. The number of fused-ring (bicyclic) bond motifs is 6. The van der Waals surface area contributed by atoms with Crippen LogP contribution < -0.4 is 0 Å². The molecule has 0 radical (unpaired) electrons. The van der Waals surface area contributed by atoms with Crippen molar-refractivity contribution in [1.82, 2.24) is 4.90 Å². The van der Waals surface area contributed by atoms with Crippen molar-refractivity contribution in [2.24, 2.45) is 5.92 Å². The van der Waals surface area contributed by atoms with E-state index in [1.165, 1.54) is 16.0 Å². The Balaban J connectivity index is 1.38. The van der Waals surface area contributed by atoms with E-state index in [4.69, 9.17) is 4.74 Å². The van der Waals surface area contributed by atoms with Crippen molar-refractivity contribution >= 4 is 12.1 Å². The first-order valence-electron chi connectivity index (χ1n) is 10.0. The maximum Gasteiger partial charge on any atom is 0.410 e. The van der Waals surface area contributed by atoms with E-state index in [1.54, 1.807) is 0 Å². The molecule has 0 unspecified atom stereocenters. The zero-order valence-electron chi connectivity index (χ0n) is 15.6.